The minimum atomic E-state index is -1.62. The first-order valence-electron chi connectivity index (χ1n) is 6.11. The molecule has 1 atom stereocenters. The minimum Gasteiger partial charge on any atom is -0.493 e. The Bertz CT molecular complexity index is 349. The molecule has 2 N–H and O–H groups in total. The van der Waals surface area contributed by atoms with E-state index in [2.05, 4.69) is 5.10 Å². The summed E-state index contributed by atoms with van der Waals surface area (Å²) in [5, 5.41) is 4.13. The van der Waals surface area contributed by atoms with Gasteiger partial charge < -0.3 is 15.2 Å². The van der Waals surface area contributed by atoms with Crippen LogP contribution in [0.5, 0.6) is 5.75 Å². The molecule has 1 aromatic rings. The van der Waals surface area contributed by atoms with Crippen LogP contribution in [0, 0.1) is 0 Å². The first-order chi connectivity index (χ1) is 8.62. The molecule has 0 radical (unpaired) electrons. The Balaban J connectivity index is 3.13. The van der Waals surface area contributed by atoms with Gasteiger partial charge in [-0.05, 0) is 26.3 Å². The quantitative estimate of drug-likeness (QED) is 0.767. The number of alkyl halides is 1. The number of hydrogen-bond donors (Lipinski definition) is 1. The van der Waals surface area contributed by atoms with Gasteiger partial charge in [-0.25, -0.2) is 4.39 Å². The van der Waals surface area contributed by atoms with Gasteiger partial charge in [0.25, 0.3) is 0 Å². The molecule has 1 rings (SSSR count). The van der Waals surface area contributed by atoms with Crippen molar-refractivity contribution < 1.29 is 13.9 Å². The molecule has 0 aliphatic heterocycles. The van der Waals surface area contributed by atoms with Crippen LogP contribution in [-0.2, 0) is 17.0 Å². The smallest absolute Gasteiger partial charge is 0.179 e. The van der Waals surface area contributed by atoms with Gasteiger partial charge in [-0.1, -0.05) is 0 Å². The van der Waals surface area contributed by atoms with Crippen molar-refractivity contribution in [3.05, 3.63) is 11.9 Å². The number of halogens is 1. The zero-order valence-electron chi connectivity index (χ0n) is 11.3. The van der Waals surface area contributed by atoms with Crippen molar-refractivity contribution in [1.82, 2.24) is 9.78 Å². The van der Waals surface area contributed by atoms with E-state index in [1.807, 2.05) is 6.92 Å². The monoisotopic (exact) mass is 259 g/mol. The van der Waals surface area contributed by atoms with Crippen LogP contribution in [0.2, 0.25) is 0 Å². The van der Waals surface area contributed by atoms with Crippen LogP contribution in [0.1, 0.15) is 25.5 Å². The highest BCUT2D eigenvalue weighted by molar-refractivity contribution is 5.31. The number of methoxy groups -OCH3 is 2. The van der Waals surface area contributed by atoms with Gasteiger partial charge in [-0.2, -0.15) is 5.10 Å². The topological polar surface area (TPSA) is 62.3 Å². The summed E-state index contributed by atoms with van der Waals surface area (Å²) in [5.41, 5.74) is 4.28. The molecule has 1 unspecified atom stereocenters. The average Bonchev–Trinajstić information content (AvgIpc) is 2.80. The van der Waals surface area contributed by atoms with E-state index in [1.54, 1.807) is 4.68 Å². The van der Waals surface area contributed by atoms with Gasteiger partial charge in [0.1, 0.15) is 5.69 Å². The van der Waals surface area contributed by atoms with E-state index in [9.17, 15) is 0 Å². The number of hydrogen-bond acceptors (Lipinski definition) is 4. The average molecular weight is 259 g/mol. The molecule has 5 nitrogen and oxygen atoms in total. The minimum absolute atomic E-state index is 0.0327. The van der Waals surface area contributed by atoms with E-state index in [0.29, 0.717) is 37.4 Å². The number of nitrogens with two attached hydrogens (primary N) is 1. The largest absolute Gasteiger partial charge is 0.493 e. The van der Waals surface area contributed by atoms with Gasteiger partial charge in [0.05, 0.1) is 19.9 Å². The highest BCUT2D eigenvalue weighted by atomic mass is 19.1. The Morgan fingerprint density at radius 2 is 2.22 bits per heavy atom. The highest BCUT2D eigenvalue weighted by Gasteiger charge is 2.38. The van der Waals surface area contributed by atoms with Crippen LogP contribution in [0.25, 0.3) is 0 Å². The zero-order chi connectivity index (χ0) is 13.6. The summed E-state index contributed by atoms with van der Waals surface area (Å²) >= 11 is 0. The summed E-state index contributed by atoms with van der Waals surface area (Å²) in [4.78, 5) is 0. The first-order valence-corrected chi connectivity index (χ1v) is 6.11. The normalized spacial score (nSPS) is 14.5. The molecule has 104 valence electrons. The molecule has 0 bridgehead atoms. The molecule has 0 saturated carbocycles. The lowest BCUT2D eigenvalue weighted by Crippen LogP contribution is -2.31. The van der Waals surface area contributed by atoms with E-state index in [0.717, 1.165) is 0 Å². The van der Waals surface area contributed by atoms with Crippen molar-refractivity contribution in [3.63, 3.8) is 0 Å². The molecule has 0 aliphatic carbocycles. The summed E-state index contributed by atoms with van der Waals surface area (Å²) in [5.74, 6) is 0.452. The van der Waals surface area contributed by atoms with Crippen molar-refractivity contribution >= 4 is 0 Å². The number of nitrogens with zero attached hydrogens (tertiary/aromatic N) is 2. The predicted octanol–water partition coefficient (Wildman–Crippen LogP) is 1.46. The lowest BCUT2D eigenvalue weighted by Gasteiger charge is -2.26. The third-order valence-corrected chi connectivity index (χ3v) is 2.90. The van der Waals surface area contributed by atoms with Gasteiger partial charge in [-0.3, -0.25) is 4.68 Å². The Morgan fingerprint density at radius 1 is 1.50 bits per heavy atom. The molecule has 1 heterocycles. The summed E-state index contributed by atoms with van der Waals surface area (Å²) in [7, 11) is 2.99. The Morgan fingerprint density at radius 3 is 2.72 bits per heavy atom. The molecule has 0 aromatic carbocycles. The van der Waals surface area contributed by atoms with Crippen molar-refractivity contribution in [3.8, 4) is 5.75 Å². The molecule has 0 aliphatic rings. The Labute approximate surface area is 107 Å². The fourth-order valence-electron chi connectivity index (χ4n) is 2.08. The van der Waals surface area contributed by atoms with Crippen LogP contribution in [0.4, 0.5) is 4.39 Å². The van der Waals surface area contributed by atoms with Crippen LogP contribution in [0.3, 0.4) is 0 Å². The van der Waals surface area contributed by atoms with Crippen molar-refractivity contribution in [2.24, 2.45) is 5.73 Å². The van der Waals surface area contributed by atoms with Gasteiger partial charge in [0.2, 0.25) is 0 Å². The zero-order valence-corrected chi connectivity index (χ0v) is 11.3. The Hall–Kier alpha value is -1.14. The van der Waals surface area contributed by atoms with Gasteiger partial charge in [0.15, 0.2) is 11.4 Å². The van der Waals surface area contributed by atoms with Crippen LogP contribution in [0.15, 0.2) is 6.20 Å². The Kier molecular flexibility index (Phi) is 5.55. The second-order valence-electron chi connectivity index (χ2n) is 4.17. The molecular weight excluding hydrogens is 237 g/mol. The van der Waals surface area contributed by atoms with Gasteiger partial charge in [0, 0.05) is 13.7 Å². The summed E-state index contributed by atoms with van der Waals surface area (Å²) < 4.78 is 26.9. The molecule has 6 heteroatoms. The molecule has 18 heavy (non-hydrogen) atoms. The van der Waals surface area contributed by atoms with Gasteiger partial charge in [-0.15, -0.1) is 0 Å². The van der Waals surface area contributed by atoms with E-state index < -0.39 is 5.67 Å². The maximum Gasteiger partial charge on any atom is 0.179 e. The van der Waals surface area contributed by atoms with Crippen molar-refractivity contribution in [2.45, 2.75) is 32.0 Å². The molecule has 0 fully saturated rings. The van der Waals surface area contributed by atoms with E-state index in [-0.39, 0.29) is 6.61 Å². The van der Waals surface area contributed by atoms with Crippen molar-refractivity contribution in [1.29, 1.82) is 0 Å². The number of rotatable bonds is 8. The molecular formula is C12H22FN3O2. The summed E-state index contributed by atoms with van der Waals surface area (Å²) in [6, 6.07) is 0. The maximum absolute atomic E-state index is 15.1. The lowest BCUT2D eigenvalue weighted by atomic mass is 9.95. The molecule has 0 saturated heterocycles. The standard InChI is InChI=1S/C12H22FN3O2/c1-4-16-11(10(18-3)8-15-16)12(13,9-17-2)6-5-7-14/h8H,4-7,9,14H2,1-3H3. The van der Waals surface area contributed by atoms with E-state index in [1.165, 1.54) is 20.4 Å². The maximum atomic E-state index is 15.1. The van der Waals surface area contributed by atoms with Crippen molar-refractivity contribution in [2.75, 3.05) is 27.4 Å². The lowest BCUT2D eigenvalue weighted by molar-refractivity contribution is 0.0219. The van der Waals surface area contributed by atoms with Crippen LogP contribution in [-0.4, -0.2) is 37.2 Å². The number of aromatic nitrogens is 2. The van der Waals surface area contributed by atoms with Crippen LogP contribution < -0.4 is 10.5 Å². The summed E-state index contributed by atoms with van der Waals surface area (Å²) in [6.07, 6.45) is 2.41. The fourth-order valence-corrected chi connectivity index (χ4v) is 2.08. The third-order valence-electron chi connectivity index (χ3n) is 2.90. The second-order valence-corrected chi connectivity index (χ2v) is 4.17. The summed E-state index contributed by atoms with van der Waals surface area (Å²) in [6.45, 7) is 2.90. The third kappa shape index (κ3) is 3.00. The second kappa shape index (κ2) is 6.70. The van der Waals surface area contributed by atoms with Gasteiger partial charge >= 0.3 is 0 Å². The first kappa shape index (κ1) is 14.9. The predicted molar refractivity (Wildman–Crippen MR) is 67.4 cm³/mol. The molecule has 0 spiro atoms. The highest BCUT2D eigenvalue weighted by Crippen LogP contribution is 2.37. The van der Waals surface area contributed by atoms with E-state index >= 15 is 4.39 Å². The molecule has 1 aromatic heterocycles. The SMILES string of the molecule is CCn1ncc(OC)c1C(F)(CCCN)COC. The number of ether oxygens (including phenoxy) is 2. The number of aryl methyl sites for hydroxylation is 1. The van der Waals surface area contributed by atoms with E-state index in [4.69, 9.17) is 15.2 Å². The molecule has 0 amide bonds. The van der Waals surface area contributed by atoms with Crippen LogP contribution >= 0.6 is 0 Å². The fraction of sp³-hybridized carbons (Fsp3) is 0.750.